The quantitative estimate of drug-likeness (QED) is 0.850. The van der Waals surface area contributed by atoms with Crippen molar-refractivity contribution in [2.24, 2.45) is 5.73 Å². The van der Waals surface area contributed by atoms with Gasteiger partial charge in [-0.15, -0.1) is 10.2 Å². The molecule has 0 atom stereocenters. The highest BCUT2D eigenvalue weighted by Gasteiger charge is 2.27. The van der Waals surface area contributed by atoms with Crippen LogP contribution in [0.15, 0.2) is 18.7 Å². The van der Waals surface area contributed by atoms with E-state index in [0.29, 0.717) is 0 Å². The molecule has 0 aliphatic heterocycles. The molecule has 1 saturated carbocycles. The van der Waals surface area contributed by atoms with Crippen LogP contribution in [0.3, 0.4) is 0 Å². The zero-order valence-electron chi connectivity index (χ0n) is 10.3. The second-order valence-electron chi connectivity index (χ2n) is 5.11. The van der Waals surface area contributed by atoms with Gasteiger partial charge in [-0.25, -0.2) is 4.98 Å². The first kappa shape index (κ1) is 11.4. The summed E-state index contributed by atoms with van der Waals surface area (Å²) < 4.78 is 1.85. The third-order valence-corrected chi connectivity index (χ3v) is 3.67. The van der Waals surface area contributed by atoms with Crippen molar-refractivity contribution in [1.82, 2.24) is 19.6 Å². The van der Waals surface area contributed by atoms with Crippen LogP contribution in [0.4, 0.5) is 5.82 Å². The lowest BCUT2D eigenvalue weighted by Crippen LogP contribution is -2.47. The number of rotatable bonds is 3. The Kier molecular flexibility index (Phi) is 2.87. The van der Waals surface area contributed by atoms with Gasteiger partial charge in [0.25, 0.3) is 0 Å². The van der Waals surface area contributed by atoms with Gasteiger partial charge in [-0.05, 0) is 12.8 Å². The number of hydrogen-bond donors (Lipinski definition) is 2. The van der Waals surface area contributed by atoms with Crippen LogP contribution < -0.4 is 11.1 Å². The lowest BCUT2D eigenvalue weighted by molar-refractivity contribution is 0.311. The van der Waals surface area contributed by atoms with Crippen molar-refractivity contribution in [3.8, 4) is 0 Å². The minimum atomic E-state index is -0.104. The SMILES string of the molecule is NC1(CNc2nccn3cnnc23)CCCCC1. The van der Waals surface area contributed by atoms with E-state index >= 15 is 0 Å². The van der Waals surface area contributed by atoms with Crippen molar-refractivity contribution in [1.29, 1.82) is 0 Å². The van der Waals surface area contributed by atoms with Crippen LogP contribution >= 0.6 is 0 Å². The van der Waals surface area contributed by atoms with Gasteiger partial charge < -0.3 is 11.1 Å². The third-order valence-electron chi connectivity index (χ3n) is 3.67. The molecule has 0 aromatic carbocycles. The Morgan fingerprint density at radius 3 is 3.00 bits per heavy atom. The second-order valence-corrected chi connectivity index (χ2v) is 5.11. The highest BCUT2D eigenvalue weighted by atomic mass is 15.2. The Bertz CT molecular complexity index is 528. The fraction of sp³-hybridized carbons (Fsp3) is 0.583. The van der Waals surface area contributed by atoms with Gasteiger partial charge in [-0.1, -0.05) is 19.3 Å². The zero-order chi connectivity index (χ0) is 12.4. The van der Waals surface area contributed by atoms with Gasteiger partial charge in [0.2, 0.25) is 5.65 Å². The molecule has 0 bridgehead atoms. The fourth-order valence-corrected chi connectivity index (χ4v) is 2.58. The monoisotopic (exact) mass is 246 g/mol. The molecular formula is C12H18N6. The maximum Gasteiger partial charge on any atom is 0.203 e. The summed E-state index contributed by atoms with van der Waals surface area (Å²) in [5, 5.41) is 11.3. The highest BCUT2D eigenvalue weighted by molar-refractivity contribution is 5.61. The van der Waals surface area contributed by atoms with E-state index in [-0.39, 0.29) is 5.54 Å². The van der Waals surface area contributed by atoms with Gasteiger partial charge in [0.15, 0.2) is 5.82 Å². The van der Waals surface area contributed by atoms with Gasteiger partial charge in [0, 0.05) is 24.5 Å². The summed E-state index contributed by atoms with van der Waals surface area (Å²) >= 11 is 0. The molecule has 1 aliphatic carbocycles. The van der Waals surface area contributed by atoms with E-state index in [1.165, 1.54) is 19.3 Å². The van der Waals surface area contributed by atoms with Crippen molar-refractivity contribution in [3.63, 3.8) is 0 Å². The molecule has 0 amide bonds. The van der Waals surface area contributed by atoms with Gasteiger partial charge in [0.1, 0.15) is 6.33 Å². The van der Waals surface area contributed by atoms with Crippen LogP contribution in [0.1, 0.15) is 32.1 Å². The van der Waals surface area contributed by atoms with Crippen LogP contribution in [-0.2, 0) is 0 Å². The summed E-state index contributed by atoms with van der Waals surface area (Å²) in [6.07, 6.45) is 11.1. The molecule has 2 aromatic rings. The molecule has 2 aromatic heterocycles. The molecule has 96 valence electrons. The number of nitrogens with two attached hydrogens (primary N) is 1. The minimum Gasteiger partial charge on any atom is -0.365 e. The van der Waals surface area contributed by atoms with Gasteiger partial charge >= 0.3 is 0 Å². The maximum absolute atomic E-state index is 6.39. The molecule has 0 unspecified atom stereocenters. The van der Waals surface area contributed by atoms with Crippen LogP contribution in [0, 0.1) is 0 Å². The number of nitrogens with zero attached hydrogens (tertiary/aromatic N) is 4. The average molecular weight is 246 g/mol. The van der Waals surface area contributed by atoms with Crippen LogP contribution in [0.25, 0.3) is 5.65 Å². The van der Waals surface area contributed by atoms with Crippen molar-refractivity contribution < 1.29 is 0 Å². The molecular weight excluding hydrogens is 228 g/mol. The molecule has 0 spiro atoms. The second kappa shape index (κ2) is 4.53. The zero-order valence-corrected chi connectivity index (χ0v) is 10.3. The normalized spacial score (nSPS) is 18.9. The molecule has 0 saturated heterocycles. The first-order chi connectivity index (χ1) is 8.77. The number of hydrogen-bond acceptors (Lipinski definition) is 5. The maximum atomic E-state index is 6.39. The van der Waals surface area contributed by atoms with E-state index in [4.69, 9.17) is 5.73 Å². The number of anilines is 1. The Balaban J connectivity index is 1.74. The fourth-order valence-electron chi connectivity index (χ4n) is 2.58. The summed E-state index contributed by atoms with van der Waals surface area (Å²) in [7, 11) is 0. The summed E-state index contributed by atoms with van der Waals surface area (Å²) in [6, 6.07) is 0. The van der Waals surface area contributed by atoms with Crippen molar-refractivity contribution in [3.05, 3.63) is 18.7 Å². The smallest absolute Gasteiger partial charge is 0.203 e. The van der Waals surface area contributed by atoms with Gasteiger partial charge in [-0.2, -0.15) is 0 Å². The molecule has 1 aliphatic rings. The molecule has 3 rings (SSSR count). The van der Waals surface area contributed by atoms with E-state index in [1.807, 2.05) is 10.6 Å². The minimum absolute atomic E-state index is 0.104. The van der Waals surface area contributed by atoms with Crippen LogP contribution in [0.5, 0.6) is 0 Å². The van der Waals surface area contributed by atoms with Crippen molar-refractivity contribution in [2.45, 2.75) is 37.6 Å². The molecule has 1 fully saturated rings. The van der Waals surface area contributed by atoms with Crippen molar-refractivity contribution >= 4 is 11.5 Å². The largest absolute Gasteiger partial charge is 0.365 e. The van der Waals surface area contributed by atoms with E-state index < -0.39 is 0 Å². The van der Waals surface area contributed by atoms with Gasteiger partial charge in [0.05, 0.1) is 0 Å². The number of aromatic nitrogens is 4. The van der Waals surface area contributed by atoms with Crippen LogP contribution in [-0.4, -0.2) is 31.7 Å². The molecule has 3 N–H and O–H groups in total. The third kappa shape index (κ3) is 2.15. The average Bonchev–Trinajstić information content (AvgIpc) is 2.86. The summed E-state index contributed by atoms with van der Waals surface area (Å²) in [6.45, 7) is 0.743. The molecule has 6 nitrogen and oxygen atoms in total. The van der Waals surface area contributed by atoms with E-state index in [0.717, 1.165) is 30.9 Å². The molecule has 2 heterocycles. The number of nitrogens with one attached hydrogen (secondary N) is 1. The van der Waals surface area contributed by atoms with Crippen LogP contribution in [0.2, 0.25) is 0 Å². The summed E-state index contributed by atoms with van der Waals surface area (Å²) in [4.78, 5) is 4.30. The highest BCUT2D eigenvalue weighted by Crippen LogP contribution is 2.26. The summed E-state index contributed by atoms with van der Waals surface area (Å²) in [5.41, 5.74) is 7.04. The predicted octanol–water partition coefficient (Wildman–Crippen LogP) is 1.20. The summed E-state index contributed by atoms with van der Waals surface area (Å²) in [5.74, 6) is 0.755. The molecule has 6 heteroatoms. The lowest BCUT2D eigenvalue weighted by Gasteiger charge is -2.33. The Morgan fingerprint density at radius 1 is 1.33 bits per heavy atom. The molecule has 0 radical (unpaired) electrons. The number of fused-ring (bicyclic) bond motifs is 1. The standard InChI is InChI=1S/C12H18N6/c13-12(4-2-1-3-5-12)8-15-10-11-17-16-9-18(11)7-6-14-10/h6-7,9H,1-5,8,13H2,(H,14,15). The van der Waals surface area contributed by atoms with E-state index in [1.54, 1.807) is 12.5 Å². The predicted molar refractivity (Wildman–Crippen MR) is 69.3 cm³/mol. The van der Waals surface area contributed by atoms with E-state index in [9.17, 15) is 0 Å². The molecule has 18 heavy (non-hydrogen) atoms. The lowest BCUT2D eigenvalue weighted by atomic mass is 9.82. The Labute approximate surface area is 106 Å². The topological polar surface area (TPSA) is 81.1 Å². The Morgan fingerprint density at radius 2 is 2.17 bits per heavy atom. The first-order valence-corrected chi connectivity index (χ1v) is 6.44. The van der Waals surface area contributed by atoms with Gasteiger partial charge in [-0.3, -0.25) is 4.40 Å². The van der Waals surface area contributed by atoms with Crippen molar-refractivity contribution in [2.75, 3.05) is 11.9 Å². The van der Waals surface area contributed by atoms with E-state index in [2.05, 4.69) is 20.5 Å². The first-order valence-electron chi connectivity index (χ1n) is 6.44. The Hall–Kier alpha value is -1.69.